The third-order valence-corrected chi connectivity index (χ3v) is 2.49. The molecule has 0 aliphatic heterocycles. The predicted octanol–water partition coefficient (Wildman–Crippen LogP) is 1.64. The first-order valence-corrected chi connectivity index (χ1v) is 4.97. The van der Waals surface area contributed by atoms with Crippen LogP contribution in [0.15, 0.2) is 33.7 Å². The lowest BCUT2D eigenvalue weighted by atomic mass is 10.0. The number of aliphatic hydroxyl groups excluding tert-OH is 1. The van der Waals surface area contributed by atoms with Crippen molar-refractivity contribution in [2.45, 2.75) is 12.1 Å². The van der Waals surface area contributed by atoms with Crippen molar-refractivity contribution in [1.82, 2.24) is 0 Å². The Morgan fingerprint density at radius 1 is 1.40 bits per heavy atom. The highest BCUT2D eigenvalue weighted by atomic mass is 79.9. The lowest BCUT2D eigenvalue weighted by Gasteiger charge is -2.15. The summed E-state index contributed by atoms with van der Waals surface area (Å²) in [6.07, 6.45) is -1.17. The molecule has 0 saturated carbocycles. The quantitative estimate of drug-likeness (QED) is 0.818. The Morgan fingerprint density at radius 2 is 1.93 bits per heavy atom. The van der Waals surface area contributed by atoms with Gasteiger partial charge in [-0.1, -0.05) is 28.1 Å². The molecule has 0 aliphatic rings. The van der Waals surface area contributed by atoms with E-state index in [1.165, 1.54) is 0 Å². The molecular formula is C10H10BrNO3. The molecule has 0 amide bonds. The van der Waals surface area contributed by atoms with Crippen LogP contribution in [0.3, 0.4) is 0 Å². The summed E-state index contributed by atoms with van der Waals surface area (Å²) in [5.41, 5.74) is 0.498. The Bertz CT molecular complexity index is 363. The number of hydrogen-bond donors (Lipinski definition) is 2. The van der Waals surface area contributed by atoms with E-state index in [9.17, 15) is 9.90 Å². The van der Waals surface area contributed by atoms with Gasteiger partial charge in [0.2, 0.25) is 0 Å². The number of halogens is 1. The molecule has 0 spiro atoms. The number of rotatable bonds is 4. The number of aliphatic carboxylic acids is 1. The number of hydrogen-bond acceptors (Lipinski definition) is 3. The van der Waals surface area contributed by atoms with Gasteiger partial charge in [-0.3, -0.25) is 4.99 Å². The average molecular weight is 272 g/mol. The van der Waals surface area contributed by atoms with Crippen LogP contribution in [0.1, 0.15) is 11.7 Å². The third kappa shape index (κ3) is 2.87. The largest absolute Gasteiger partial charge is 0.480 e. The number of aliphatic imine (C=N–C) groups is 1. The van der Waals surface area contributed by atoms with Gasteiger partial charge in [0, 0.05) is 4.47 Å². The lowest BCUT2D eigenvalue weighted by Crippen LogP contribution is -2.25. The Balaban J connectivity index is 2.92. The summed E-state index contributed by atoms with van der Waals surface area (Å²) < 4.78 is 0.858. The van der Waals surface area contributed by atoms with Gasteiger partial charge in [-0.05, 0) is 24.4 Å². The molecule has 5 heteroatoms. The van der Waals surface area contributed by atoms with Crippen molar-refractivity contribution in [3.63, 3.8) is 0 Å². The Hall–Kier alpha value is -1.20. The normalized spacial score (nSPS) is 14.3. The van der Waals surface area contributed by atoms with Crippen molar-refractivity contribution < 1.29 is 15.0 Å². The zero-order valence-electron chi connectivity index (χ0n) is 7.80. The van der Waals surface area contributed by atoms with Crippen LogP contribution in [0.5, 0.6) is 0 Å². The molecule has 4 nitrogen and oxygen atoms in total. The minimum absolute atomic E-state index is 0.498. The topological polar surface area (TPSA) is 69.9 Å². The summed E-state index contributed by atoms with van der Waals surface area (Å²) in [5.74, 6) is -1.19. The minimum Gasteiger partial charge on any atom is -0.480 e. The molecule has 0 aliphatic carbocycles. The first-order valence-electron chi connectivity index (χ1n) is 4.18. The van der Waals surface area contributed by atoms with Crippen LogP contribution in [-0.2, 0) is 4.79 Å². The Morgan fingerprint density at radius 3 is 2.33 bits per heavy atom. The first-order chi connectivity index (χ1) is 7.06. The van der Waals surface area contributed by atoms with Gasteiger partial charge >= 0.3 is 5.97 Å². The van der Waals surface area contributed by atoms with Gasteiger partial charge in [0.1, 0.15) is 6.10 Å². The molecule has 0 saturated heterocycles. The zero-order chi connectivity index (χ0) is 11.4. The first kappa shape index (κ1) is 11.9. The van der Waals surface area contributed by atoms with Crippen LogP contribution in [-0.4, -0.2) is 28.9 Å². The highest BCUT2D eigenvalue weighted by molar-refractivity contribution is 9.10. The molecule has 1 aromatic rings. The van der Waals surface area contributed by atoms with Crippen molar-refractivity contribution >= 4 is 28.6 Å². The van der Waals surface area contributed by atoms with Crippen molar-refractivity contribution in [2.24, 2.45) is 4.99 Å². The number of nitrogens with zero attached hydrogens (tertiary/aromatic N) is 1. The summed E-state index contributed by atoms with van der Waals surface area (Å²) >= 11 is 3.24. The van der Waals surface area contributed by atoms with Crippen molar-refractivity contribution in [2.75, 3.05) is 0 Å². The molecule has 0 bridgehead atoms. The summed E-state index contributed by atoms with van der Waals surface area (Å²) in [5, 5.41) is 18.5. The van der Waals surface area contributed by atoms with E-state index in [-0.39, 0.29) is 0 Å². The molecule has 80 valence electrons. The number of benzene rings is 1. The number of carboxylic acids is 1. The second kappa shape index (κ2) is 5.04. The van der Waals surface area contributed by atoms with Crippen LogP contribution in [0.25, 0.3) is 0 Å². The standard InChI is InChI=1S/C10H10BrNO3/c1-12-8(10(14)15)9(13)6-2-4-7(11)5-3-6/h2-5,8-9,13H,1H2,(H,14,15)/t8-,9+/m0/s1. The van der Waals surface area contributed by atoms with Gasteiger partial charge in [-0.2, -0.15) is 0 Å². The molecule has 15 heavy (non-hydrogen) atoms. The number of carboxylic acid groups (broad SMARTS) is 1. The van der Waals surface area contributed by atoms with Gasteiger partial charge in [0.15, 0.2) is 6.04 Å². The molecule has 0 radical (unpaired) electrons. The molecular weight excluding hydrogens is 262 g/mol. The van der Waals surface area contributed by atoms with Gasteiger partial charge in [0.05, 0.1) is 0 Å². The fraction of sp³-hybridized carbons (Fsp3) is 0.200. The highest BCUT2D eigenvalue weighted by Crippen LogP contribution is 2.21. The van der Waals surface area contributed by atoms with E-state index >= 15 is 0 Å². The molecule has 0 aromatic heterocycles. The zero-order valence-corrected chi connectivity index (χ0v) is 9.39. The maximum absolute atomic E-state index is 10.7. The highest BCUT2D eigenvalue weighted by Gasteiger charge is 2.25. The summed E-state index contributed by atoms with van der Waals surface area (Å²) in [6, 6.07) is 5.48. The smallest absolute Gasteiger partial charge is 0.331 e. The van der Waals surface area contributed by atoms with Crippen molar-refractivity contribution in [1.29, 1.82) is 0 Å². The van der Waals surface area contributed by atoms with E-state index in [1.807, 2.05) is 0 Å². The van der Waals surface area contributed by atoms with Crippen LogP contribution >= 0.6 is 15.9 Å². The monoisotopic (exact) mass is 271 g/mol. The number of carbonyl (C=O) groups is 1. The summed E-state index contributed by atoms with van der Waals surface area (Å²) in [7, 11) is 0. The van der Waals surface area contributed by atoms with Gasteiger partial charge in [0.25, 0.3) is 0 Å². The van der Waals surface area contributed by atoms with Crippen LogP contribution in [0.2, 0.25) is 0 Å². The fourth-order valence-electron chi connectivity index (χ4n) is 1.16. The molecule has 0 heterocycles. The molecule has 0 unspecified atom stereocenters. The van der Waals surface area contributed by atoms with E-state index in [4.69, 9.17) is 5.11 Å². The number of aliphatic hydroxyl groups is 1. The Labute approximate surface area is 95.4 Å². The SMILES string of the molecule is C=N[C@H](C(=O)O)[C@H](O)c1ccc(Br)cc1. The molecule has 1 aromatic carbocycles. The third-order valence-electron chi connectivity index (χ3n) is 1.96. The average Bonchev–Trinajstić information content (AvgIpc) is 2.19. The fourth-order valence-corrected chi connectivity index (χ4v) is 1.42. The Kier molecular flexibility index (Phi) is 3.99. The van der Waals surface area contributed by atoms with Crippen LogP contribution in [0, 0.1) is 0 Å². The minimum atomic E-state index is -1.23. The second-order valence-electron chi connectivity index (χ2n) is 2.96. The van der Waals surface area contributed by atoms with Crippen LogP contribution in [0.4, 0.5) is 0 Å². The summed E-state index contributed by atoms with van der Waals surface area (Å²) in [4.78, 5) is 14.1. The van der Waals surface area contributed by atoms with Gasteiger partial charge in [-0.25, -0.2) is 4.79 Å². The summed E-state index contributed by atoms with van der Waals surface area (Å²) in [6.45, 7) is 3.15. The van der Waals surface area contributed by atoms with Crippen molar-refractivity contribution in [3.8, 4) is 0 Å². The molecule has 1 rings (SSSR count). The molecule has 2 atom stereocenters. The van der Waals surface area contributed by atoms with E-state index in [0.29, 0.717) is 5.56 Å². The van der Waals surface area contributed by atoms with E-state index < -0.39 is 18.1 Å². The van der Waals surface area contributed by atoms with E-state index in [2.05, 4.69) is 27.6 Å². The van der Waals surface area contributed by atoms with Crippen LogP contribution < -0.4 is 0 Å². The van der Waals surface area contributed by atoms with E-state index in [0.717, 1.165) is 4.47 Å². The van der Waals surface area contributed by atoms with Gasteiger partial charge in [-0.15, -0.1) is 0 Å². The van der Waals surface area contributed by atoms with Gasteiger partial charge < -0.3 is 10.2 Å². The van der Waals surface area contributed by atoms with E-state index in [1.54, 1.807) is 24.3 Å². The molecule has 2 N–H and O–H groups in total. The second-order valence-corrected chi connectivity index (χ2v) is 3.88. The maximum Gasteiger partial charge on any atom is 0.331 e. The van der Waals surface area contributed by atoms with Crippen molar-refractivity contribution in [3.05, 3.63) is 34.3 Å². The predicted molar refractivity (Wildman–Crippen MR) is 60.1 cm³/mol. The molecule has 0 fully saturated rings. The maximum atomic E-state index is 10.7. The lowest BCUT2D eigenvalue weighted by molar-refractivity contribution is -0.141.